The molecule has 0 saturated heterocycles. The summed E-state index contributed by atoms with van der Waals surface area (Å²) in [5.41, 5.74) is 0. The molecule has 114 valence electrons. The van der Waals surface area contributed by atoms with Crippen LogP contribution in [0.5, 0.6) is 0 Å². The van der Waals surface area contributed by atoms with Crippen LogP contribution in [-0.2, 0) is 0 Å². The minimum Gasteiger partial charge on any atom is -0.331 e. The summed E-state index contributed by atoms with van der Waals surface area (Å²) in [5, 5.41) is 0. The van der Waals surface area contributed by atoms with Gasteiger partial charge in [0.05, 0.1) is 27.7 Å². The van der Waals surface area contributed by atoms with Crippen LogP contribution in [0.25, 0.3) is 0 Å². The van der Waals surface area contributed by atoms with Crippen molar-refractivity contribution in [3.05, 3.63) is 0 Å². The first kappa shape index (κ1) is 23.7. The zero-order valence-corrected chi connectivity index (χ0v) is 15.6. The molecule has 0 amide bonds. The molecule has 0 aromatic carbocycles. The van der Waals surface area contributed by atoms with Crippen molar-refractivity contribution >= 4 is 22.3 Å². The van der Waals surface area contributed by atoms with Crippen LogP contribution in [0.1, 0.15) is 71.1 Å². The number of hydrogen-bond acceptors (Lipinski definition) is 0. The van der Waals surface area contributed by atoms with E-state index >= 15 is 0 Å². The van der Waals surface area contributed by atoms with Gasteiger partial charge in [0, 0.05) is 0 Å². The third-order valence-electron chi connectivity index (χ3n) is 3.18. The van der Waals surface area contributed by atoms with E-state index in [0.29, 0.717) is 0 Å². The molecule has 0 heterocycles. The van der Waals surface area contributed by atoms with Crippen LogP contribution in [-0.4, -0.2) is 32.2 Å². The van der Waals surface area contributed by atoms with Crippen molar-refractivity contribution in [1.29, 1.82) is 0 Å². The van der Waals surface area contributed by atoms with E-state index in [1.54, 1.807) is 0 Å². The van der Waals surface area contributed by atoms with Gasteiger partial charge in [-0.3, -0.25) is 0 Å². The van der Waals surface area contributed by atoms with Gasteiger partial charge in [-0.25, -0.2) is 0 Å². The SMILES string of the molecule is CCCCCCCCCCCC[N+](C)(C)C.Cl.P. The highest BCUT2D eigenvalue weighted by Gasteiger charge is 2.04. The normalized spacial score (nSPS) is 10.7. The Labute approximate surface area is 126 Å². The Morgan fingerprint density at radius 3 is 1.28 bits per heavy atom. The number of quaternary nitrogens is 1. The number of halogens is 1. The maximum atomic E-state index is 2.29. The molecule has 1 nitrogen and oxygen atoms in total. The average molecular weight is 299 g/mol. The number of rotatable bonds is 11. The van der Waals surface area contributed by atoms with Gasteiger partial charge < -0.3 is 4.48 Å². The standard InChI is InChI=1S/C15H34N.ClH.H3P/c1-5-6-7-8-9-10-11-12-13-14-15-16(2,3)4;;/h5-15H2,1-4H3;1H;1H3/q+1;;. The molecule has 0 saturated carbocycles. The van der Waals surface area contributed by atoms with Crippen molar-refractivity contribution in [1.82, 2.24) is 0 Å². The van der Waals surface area contributed by atoms with Gasteiger partial charge >= 0.3 is 0 Å². The van der Waals surface area contributed by atoms with Crippen molar-refractivity contribution in [2.75, 3.05) is 27.7 Å². The molecular formula is C15H38ClNP+. The summed E-state index contributed by atoms with van der Waals surface area (Å²) in [5.74, 6) is 0. The second kappa shape index (κ2) is 15.7. The summed E-state index contributed by atoms with van der Waals surface area (Å²) in [6.07, 6.45) is 14.4. The second-order valence-corrected chi connectivity index (χ2v) is 6.20. The summed E-state index contributed by atoms with van der Waals surface area (Å²) >= 11 is 0. The van der Waals surface area contributed by atoms with Crippen molar-refractivity contribution in [3.63, 3.8) is 0 Å². The third-order valence-corrected chi connectivity index (χ3v) is 3.18. The van der Waals surface area contributed by atoms with Crippen molar-refractivity contribution < 1.29 is 4.48 Å². The smallest absolute Gasteiger partial charge is 0.0780 e. The summed E-state index contributed by atoms with van der Waals surface area (Å²) in [7, 11) is 6.86. The highest BCUT2D eigenvalue weighted by Crippen LogP contribution is 2.10. The Bertz CT molecular complexity index is 146. The van der Waals surface area contributed by atoms with E-state index in [1.165, 1.54) is 70.8 Å². The van der Waals surface area contributed by atoms with Gasteiger partial charge in [0.2, 0.25) is 0 Å². The second-order valence-electron chi connectivity index (χ2n) is 6.20. The van der Waals surface area contributed by atoms with Gasteiger partial charge in [-0.1, -0.05) is 58.3 Å². The van der Waals surface area contributed by atoms with Crippen LogP contribution in [0.3, 0.4) is 0 Å². The van der Waals surface area contributed by atoms with E-state index in [0.717, 1.165) is 4.48 Å². The monoisotopic (exact) mass is 298 g/mol. The van der Waals surface area contributed by atoms with E-state index in [1.807, 2.05) is 0 Å². The first-order valence-corrected chi connectivity index (χ1v) is 7.36. The molecule has 0 spiro atoms. The van der Waals surface area contributed by atoms with E-state index in [2.05, 4.69) is 28.1 Å². The molecule has 3 heteroatoms. The zero-order chi connectivity index (χ0) is 12.3. The Hall–Kier alpha value is 0.680. The van der Waals surface area contributed by atoms with E-state index in [-0.39, 0.29) is 22.3 Å². The molecule has 0 aromatic rings. The molecular weight excluding hydrogens is 261 g/mol. The minimum absolute atomic E-state index is 0. The topological polar surface area (TPSA) is 0 Å². The van der Waals surface area contributed by atoms with Crippen LogP contribution in [0.15, 0.2) is 0 Å². The van der Waals surface area contributed by atoms with Crippen LogP contribution in [0.4, 0.5) is 0 Å². The van der Waals surface area contributed by atoms with Gasteiger partial charge in [0.25, 0.3) is 0 Å². The van der Waals surface area contributed by atoms with E-state index < -0.39 is 0 Å². The first-order chi connectivity index (χ1) is 7.56. The number of nitrogens with zero attached hydrogens (tertiary/aromatic N) is 1. The molecule has 1 atom stereocenters. The highest BCUT2D eigenvalue weighted by molar-refractivity contribution is 6.92. The van der Waals surface area contributed by atoms with Crippen molar-refractivity contribution in [3.8, 4) is 0 Å². The molecule has 0 radical (unpaired) electrons. The van der Waals surface area contributed by atoms with Crippen LogP contribution in [0.2, 0.25) is 0 Å². The summed E-state index contributed by atoms with van der Waals surface area (Å²) < 4.78 is 1.12. The van der Waals surface area contributed by atoms with Gasteiger partial charge in [-0.2, -0.15) is 9.90 Å². The van der Waals surface area contributed by atoms with Gasteiger partial charge in [-0.15, -0.1) is 12.4 Å². The predicted molar refractivity (Wildman–Crippen MR) is 93.1 cm³/mol. The Balaban J connectivity index is -0.00000112. The largest absolute Gasteiger partial charge is 0.331 e. The molecule has 0 bridgehead atoms. The molecule has 1 unspecified atom stereocenters. The maximum Gasteiger partial charge on any atom is 0.0780 e. The molecule has 0 aliphatic heterocycles. The van der Waals surface area contributed by atoms with Crippen molar-refractivity contribution in [2.24, 2.45) is 0 Å². The third kappa shape index (κ3) is 21.9. The molecule has 0 fully saturated rings. The lowest BCUT2D eigenvalue weighted by atomic mass is 10.1. The minimum atomic E-state index is 0. The lowest BCUT2D eigenvalue weighted by Crippen LogP contribution is -2.35. The van der Waals surface area contributed by atoms with Gasteiger partial charge in [-0.05, 0) is 12.8 Å². The predicted octanol–water partition coefficient (Wildman–Crippen LogP) is 5.09. The first-order valence-electron chi connectivity index (χ1n) is 7.36. The summed E-state index contributed by atoms with van der Waals surface area (Å²) in [6.45, 7) is 3.62. The quantitative estimate of drug-likeness (QED) is 0.283. The van der Waals surface area contributed by atoms with E-state index in [9.17, 15) is 0 Å². The highest BCUT2D eigenvalue weighted by atomic mass is 35.5. The van der Waals surface area contributed by atoms with Gasteiger partial charge in [0.15, 0.2) is 0 Å². The number of hydrogen-bond donors (Lipinski definition) is 0. The average Bonchev–Trinajstić information content (AvgIpc) is 2.19. The van der Waals surface area contributed by atoms with Crippen LogP contribution < -0.4 is 0 Å². The fourth-order valence-electron chi connectivity index (χ4n) is 2.07. The van der Waals surface area contributed by atoms with Crippen molar-refractivity contribution in [2.45, 2.75) is 71.1 Å². The molecule has 0 aromatic heterocycles. The maximum absolute atomic E-state index is 2.29. The Kier molecular flexibility index (Phi) is 20.8. The molecule has 0 N–H and O–H groups in total. The summed E-state index contributed by atoms with van der Waals surface area (Å²) in [4.78, 5) is 0. The van der Waals surface area contributed by atoms with Crippen LogP contribution in [0, 0.1) is 0 Å². The summed E-state index contributed by atoms with van der Waals surface area (Å²) in [6, 6.07) is 0. The van der Waals surface area contributed by atoms with Gasteiger partial charge in [0.1, 0.15) is 0 Å². The molecule has 0 rings (SSSR count). The molecule has 0 aliphatic rings. The Morgan fingerprint density at radius 1 is 0.611 bits per heavy atom. The lowest BCUT2D eigenvalue weighted by Gasteiger charge is -2.23. The number of unbranched alkanes of at least 4 members (excludes halogenated alkanes) is 9. The van der Waals surface area contributed by atoms with E-state index in [4.69, 9.17) is 0 Å². The molecule has 0 aliphatic carbocycles. The zero-order valence-electron chi connectivity index (χ0n) is 13.3. The fraction of sp³-hybridized carbons (Fsp3) is 1.00. The molecule has 18 heavy (non-hydrogen) atoms. The lowest BCUT2D eigenvalue weighted by molar-refractivity contribution is -0.870. The Morgan fingerprint density at radius 2 is 0.944 bits per heavy atom. The fourth-order valence-corrected chi connectivity index (χ4v) is 2.07. The van der Waals surface area contributed by atoms with Crippen LogP contribution >= 0.6 is 22.3 Å².